The van der Waals surface area contributed by atoms with Crippen LogP contribution in [0.4, 0.5) is 0 Å². The average molecular weight is 296 g/mol. The van der Waals surface area contributed by atoms with E-state index in [-0.39, 0.29) is 0 Å². The lowest BCUT2D eigenvalue weighted by Gasteiger charge is -2.09. The fraction of sp³-hybridized carbons (Fsp3) is 0.273. The third kappa shape index (κ3) is 3.69. The molecule has 0 amide bonds. The summed E-state index contributed by atoms with van der Waals surface area (Å²) in [4.78, 5) is 4.26. The van der Waals surface area contributed by atoms with Gasteiger partial charge in [0.25, 0.3) is 0 Å². The van der Waals surface area contributed by atoms with E-state index in [4.69, 9.17) is 4.74 Å². The molecule has 0 spiro atoms. The number of methoxy groups -OCH3 is 1. The lowest BCUT2D eigenvalue weighted by atomic mass is 9.77. The highest BCUT2D eigenvalue weighted by Crippen LogP contribution is 2.25. The Bertz CT molecular complexity index is 563. The van der Waals surface area contributed by atoms with Crippen molar-refractivity contribution >= 4 is 35.9 Å². The first-order valence-electron chi connectivity index (χ1n) is 5.56. The van der Waals surface area contributed by atoms with Gasteiger partial charge in [-0.25, -0.2) is 4.98 Å². The summed E-state index contributed by atoms with van der Waals surface area (Å²) in [6.07, 6.45) is 0. The van der Waals surface area contributed by atoms with Crippen LogP contribution in [0.25, 0.3) is 0 Å². The van der Waals surface area contributed by atoms with Crippen LogP contribution >= 0.6 is 23.3 Å². The second kappa shape index (κ2) is 6.38. The number of aromatic nitrogens is 2. The van der Waals surface area contributed by atoms with Crippen molar-refractivity contribution in [2.45, 2.75) is 17.0 Å². The standard InChI is InChI=1S/C11H13BN2O3S2/c1-7-13-11(19-14-7)18-6-8-5-9(17-2)3-4-10(8)12(15)16/h3-5,15-16H,6H2,1-2H3. The van der Waals surface area contributed by atoms with Gasteiger partial charge in [-0.05, 0) is 41.6 Å². The lowest BCUT2D eigenvalue weighted by molar-refractivity contribution is 0.413. The van der Waals surface area contributed by atoms with Crippen LogP contribution in [0, 0.1) is 6.92 Å². The summed E-state index contributed by atoms with van der Waals surface area (Å²) in [5, 5.41) is 18.7. The normalized spacial score (nSPS) is 10.5. The molecule has 2 N–H and O–H groups in total. The maximum atomic E-state index is 9.35. The number of hydrogen-bond acceptors (Lipinski definition) is 7. The van der Waals surface area contributed by atoms with Gasteiger partial charge in [0, 0.05) is 5.75 Å². The maximum absolute atomic E-state index is 9.35. The van der Waals surface area contributed by atoms with Gasteiger partial charge < -0.3 is 14.8 Å². The van der Waals surface area contributed by atoms with Gasteiger partial charge >= 0.3 is 7.12 Å². The third-order valence-corrected chi connectivity index (χ3v) is 4.46. The van der Waals surface area contributed by atoms with E-state index >= 15 is 0 Å². The summed E-state index contributed by atoms with van der Waals surface area (Å²) in [6.45, 7) is 1.84. The van der Waals surface area contributed by atoms with E-state index in [0.717, 1.165) is 15.7 Å². The quantitative estimate of drug-likeness (QED) is 0.629. The van der Waals surface area contributed by atoms with Crippen LogP contribution in [0.5, 0.6) is 5.75 Å². The molecule has 0 aliphatic carbocycles. The molecular formula is C11H13BN2O3S2. The van der Waals surface area contributed by atoms with Crippen molar-refractivity contribution in [3.05, 3.63) is 29.6 Å². The van der Waals surface area contributed by atoms with Gasteiger partial charge in [-0.2, -0.15) is 4.37 Å². The smallest absolute Gasteiger partial charge is 0.488 e. The number of hydrogen-bond donors (Lipinski definition) is 2. The zero-order valence-corrected chi connectivity index (χ0v) is 12.2. The Hall–Kier alpha value is -1.09. The highest BCUT2D eigenvalue weighted by Gasteiger charge is 2.17. The molecule has 1 aromatic heterocycles. The number of aryl methyl sites for hydroxylation is 1. The molecule has 0 bridgehead atoms. The molecule has 0 fully saturated rings. The SMILES string of the molecule is COc1ccc(B(O)O)c(CSc2nc(C)ns2)c1. The number of ether oxygens (including phenoxy) is 1. The summed E-state index contributed by atoms with van der Waals surface area (Å²) in [5.74, 6) is 2.02. The predicted molar refractivity (Wildman–Crippen MR) is 77.0 cm³/mol. The molecule has 0 saturated carbocycles. The molecule has 1 heterocycles. The molecule has 2 rings (SSSR count). The first-order chi connectivity index (χ1) is 9.10. The van der Waals surface area contributed by atoms with Gasteiger partial charge in [0.05, 0.1) is 7.11 Å². The fourth-order valence-electron chi connectivity index (χ4n) is 1.56. The van der Waals surface area contributed by atoms with Gasteiger partial charge in [0.2, 0.25) is 0 Å². The minimum absolute atomic E-state index is 0.481. The summed E-state index contributed by atoms with van der Waals surface area (Å²) in [7, 11) is 0.0905. The lowest BCUT2D eigenvalue weighted by Crippen LogP contribution is -2.32. The Kier molecular flexibility index (Phi) is 4.81. The Morgan fingerprint density at radius 1 is 1.42 bits per heavy atom. The molecule has 8 heteroatoms. The first-order valence-corrected chi connectivity index (χ1v) is 7.32. The number of thioether (sulfide) groups is 1. The van der Waals surface area contributed by atoms with Crippen LogP contribution in [-0.2, 0) is 5.75 Å². The van der Waals surface area contributed by atoms with Gasteiger partial charge in [-0.1, -0.05) is 17.8 Å². The Labute approximate surface area is 120 Å². The first kappa shape index (κ1) is 14.3. The van der Waals surface area contributed by atoms with E-state index in [1.165, 1.54) is 23.3 Å². The van der Waals surface area contributed by atoms with Gasteiger partial charge in [0.1, 0.15) is 11.6 Å². The van der Waals surface area contributed by atoms with E-state index in [1.54, 1.807) is 25.3 Å². The van der Waals surface area contributed by atoms with E-state index in [1.807, 2.05) is 6.92 Å². The molecular weight excluding hydrogens is 283 g/mol. The van der Waals surface area contributed by atoms with Crippen molar-refractivity contribution in [2.75, 3.05) is 7.11 Å². The van der Waals surface area contributed by atoms with Crippen LogP contribution in [0.3, 0.4) is 0 Å². The highest BCUT2D eigenvalue weighted by molar-refractivity contribution is 8.00. The second-order valence-electron chi connectivity index (χ2n) is 3.83. The summed E-state index contributed by atoms with van der Waals surface area (Å²) in [5.41, 5.74) is 1.29. The van der Waals surface area contributed by atoms with Crippen LogP contribution in [0.15, 0.2) is 22.5 Å². The Morgan fingerprint density at radius 3 is 2.79 bits per heavy atom. The van der Waals surface area contributed by atoms with Crippen LogP contribution < -0.4 is 10.2 Å². The van der Waals surface area contributed by atoms with Crippen molar-refractivity contribution in [1.82, 2.24) is 9.36 Å². The average Bonchev–Trinajstić information content (AvgIpc) is 2.81. The topological polar surface area (TPSA) is 75.5 Å². The molecule has 0 aliphatic rings. The van der Waals surface area contributed by atoms with E-state index in [0.29, 0.717) is 17.0 Å². The second-order valence-corrected chi connectivity index (χ2v) is 5.81. The number of benzene rings is 1. The molecule has 2 aromatic rings. The fourth-order valence-corrected chi connectivity index (χ4v) is 3.21. The van der Waals surface area contributed by atoms with Crippen molar-refractivity contribution in [2.24, 2.45) is 0 Å². The Morgan fingerprint density at radius 2 is 2.21 bits per heavy atom. The minimum atomic E-state index is -1.49. The number of rotatable bonds is 5. The van der Waals surface area contributed by atoms with Crippen molar-refractivity contribution in [1.29, 1.82) is 0 Å². The number of nitrogens with zero attached hydrogens (tertiary/aromatic N) is 2. The van der Waals surface area contributed by atoms with Crippen molar-refractivity contribution in [3.63, 3.8) is 0 Å². The van der Waals surface area contributed by atoms with E-state index < -0.39 is 7.12 Å². The third-order valence-electron chi connectivity index (χ3n) is 2.49. The zero-order chi connectivity index (χ0) is 13.8. The Balaban J connectivity index is 2.17. The summed E-state index contributed by atoms with van der Waals surface area (Å²) >= 11 is 2.85. The van der Waals surface area contributed by atoms with Crippen LogP contribution in [-0.4, -0.2) is 33.6 Å². The zero-order valence-electron chi connectivity index (χ0n) is 10.5. The molecule has 0 aliphatic heterocycles. The van der Waals surface area contributed by atoms with Crippen molar-refractivity contribution in [3.8, 4) is 5.75 Å². The monoisotopic (exact) mass is 296 g/mol. The molecule has 19 heavy (non-hydrogen) atoms. The van der Waals surface area contributed by atoms with Crippen molar-refractivity contribution < 1.29 is 14.8 Å². The molecule has 0 unspecified atom stereocenters. The van der Waals surface area contributed by atoms with Crippen LogP contribution in [0.1, 0.15) is 11.4 Å². The molecule has 0 saturated heterocycles. The molecule has 0 atom stereocenters. The van der Waals surface area contributed by atoms with Gasteiger partial charge in [-0.15, -0.1) is 0 Å². The molecule has 5 nitrogen and oxygen atoms in total. The largest absolute Gasteiger partial charge is 0.497 e. The predicted octanol–water partition coefficient (Wildman–Crippen LogP) is 0.827. The maximum Gasteiger partial charge on any atom is 0.488 e. The van der Waals surface area contributed by atoms with Gasteiger partial charge in [0.15, 0.2) is 4.34 Å². The molecule has 0 radical (unpaired) electrons. The van der Waals surface area contributed by atoms with Crippen LogP contribution in [0.2, 0.25) is 0 Å². The minimum Gasteiger partial charge on any atom is -0.497 e. The van der Waals surface area contributed by atoms with E-state index in [9.17, 15) is 10.0 Å². The highest BCUT2D eigenvalue weighted by atomic mass is 32.2. The molecule has 100 valence electrons. The summed E-state index contributed by atoms with van der Waals surface area (Å²) < 4.78 is 10.1. The van der Waals surface area contributed by atoms with Gasteiger partial charge in [-0.3, -0.25) is 0 Å². The molecule has 1 aromatic carbocycles. The van der Waals surface area contributed by atoms with E-state index in [2.05, 4.69) is 9.36 Å². The summed E-state index contributed by atoms with van der Waals surface area (Å²) in [6, 6.07) is 5.17.